The summed E-state index contributed by atoms with van der Waals surface area (Å²) >= 11 is 0. The van der Waals surface area contributed by atoms with Crippen LogP contribution in [-0.2, 0) is 14.8 Å². The lowest BCUT2D eigenvalue weighted by atomic mass is 10.1. The number of anilines is 1. The second-order valence-electron chi connectivity index (χ2n) is 4.95. The molecule has 140 valence electrons. The molecule has 0 fully saturated rings. The number of methoxy groups -OCH3 is 2. The van der Waals surface area contributed by atoms with Crippen molar-refractivity contribution in [2.75, 3.05) is 38.4 Å². The maximum atomic E-state index is 12.2. The Labute approximate surface area is 146 Å². The van der Waals surface area contributed by atoms with Crippen LogP contribution in [0.4, 0.5) is 5.69 Å². The number of hydrogen-bond acceptors (Lipinski definition) is 6. The fraction of sp³-hybridized carbons (Fsp3) is 0.467. The number of aromatic carboxylic acids is 1. The van der Waals surface area contributed by atoms with Gasteiger partial charge >= 0.3 is 5.97 Å². The number of carbonyl (C=O) groups is 2. The number of carboxylic acid groups (broad SMARTS) is 1. The van der Waals surface area contributed by atoms with Crippen molar-refractivity contribution in [1.82, 2.24) is 4.31 Å². The van der Waals surface area contributed by atoms with Crippen molar-refractivity contribution in [3.05, 3.63) is 17.7 Å². The number of carboxylic acids is 1. The standard InChI is InChI=1S/C15H22N2O7S/c1-5-17(6-2)25(21,22)9-13(18)16-11-7-10(15(19)20)8-12(23-3)14(11)24-4/h7-8H,5-6,9H2,1-4H3,(H,16,18)(H,19,20). The van der Waals surface area contributed by atoms with Crippen LogP contribution in [0.25, 0.3) is 0 Å². The fourth-order valence-corrected chi connectivity index (χ4v) is 3.61. The molecule has 1 rings (SSSR count). The molecule has 0 atom stereocenters. The van der Waals surface area contributed by atoms with E-state index in [1.807, 2.05) is 0 Å². The molecule has 0 bridgehead atoms. The monoisotopic (exact) mass is 374 g/mol. The Morgan fingerprint density at radius 1 is 1.16 bits per heavy atom. The number of hydrogen-bond donors (Lipinski definition) is 2. The summed E-state index contributed by atoms with van der Waals surface area (Å²) in [6, 6.07) is 2.41. The average Bonchev–Trinajstić information content (AvgIpc) is 2.53. The van der Waals surface area contributed by atoms with E-state index in [0.717, 1.165) is 4.31 Å². The summed E-state index contributed by atoms with van der Waals surface area (Å²) in [6.45, 7) is 3.84. The zero-order valence-electron chi connectivity index (χ0n) is 14.5. The van der Waals surface area contributed by atoms with Crippen LogP contribution in [0.3, 0.4) is 0 Å². The van der Waals surface area contributed by atoms with Crippen LogP contribution in [0.15, 0.2) is 12.1 Å². The highest BCUT2D eigenvalue weighted by atomic mass is 32.2. The van der Waals surface area contributed by atoms with Crippen LogP contribution in [-0.4, -0.2) is 62.8 Å². The Hall–Kier alpha value is -2.33. The van der Waals surface area contributed by atoms with Gasteiger partial charge in [-0.15, -0.1) is 0 Å². The first kappa shape index (κ1) is 20.7. The van der Waals surface area contributed by atoms with Gasteiger partial charge in [0.2, 0.25) is 15.9 Å². The molecule has 0 aliphatic heterocycles. The Morgan fingerprint density at radius 3 is 2.20 bits per heavy atom. The third kappa shape index (κ3) is 5.07. The number of nitrogens with zero attached hydrogens (tertiary/aromatic N) is 1. The summed E-state index contributed by atoms with van der Waals surface area (Å²) in [4.78, 5) is 23.3. The van der Waals surface area contributed by atoms with Gasteiger partial charge in [-0.2, -0.15) is 0 Å². The van der Waals surface area contributed by atoms with Crippen molar-refractivity contribution in [3.63, 3.8) is 0 Å². The van der Waals surface area contributed by atoms with Crippen LogP contribution < -0.4 is 14.8 Å². The highest BCUT2D eigenvalue weighted by molar-refractivity contribution is 7.89. The van der Waals surface area contributed by atoms with Crippen LogP contribution in [0, 0.1) is 0 Å². The lowest BCUT2D eigenvalue weighted by Crippen LogP contribution is -2.37. The van der Waals surface area contributed by atoms with Gasteiger partial charge in [-0.25, -0.2) is 17.5 Å². The molecule has 1 aromatic rings. The topological polar surface area (TPSA) is 122 Å². The molecule has 1 aromatic carbocycles. The number of rotatable bonds is 9. The minimum Gasteiger partial charge on any atom is -0.493 e. The number of ether oxygens (including phenoxy) is 2. The zero-order chi connectivity index (χ0) is 19.2. The molecule has 10 heteroatoms. The van der Waals surface area contributed by atoms with E-state index in [9.17, 15) is 18.0 Å². The first-order valence-corrected chi connectivity index (χ1v) is 9.08. The summed E-state index contributed by atoms with van der Waals surface area (Å²) in [5, 5.41) is 11.5. The third-order valence-electron chi connectivity index (χ3n) is 3.41. The molecule has 1 amide bonds. The van der Waals surface area contributed by atoms with Crippen molar-refractivity contribution in [3.8, 4) is 11.5 Å². The molecule has 25 heavy (non-hydrogen) atoms. The van der Waals surface area contributed by atoms with Gasteiger partial charge in [-0.3, -0.25) is 4.79 Å². The van der Waals surface area contributed by atoms with Crippen LogP contribution in [0.1, 0.15) is 24.2 Å². The van der Waals surface area contributed by atoms with Crippen LogP contribution in [0.2, 0.25) is 0 Å². The molecule has 0 radical (unpaired) electrons. The summed E-state index contributed by atoms with van der Waals surface area (Å²) in [6.07, 6.45) is 0. The SMILES string of the molecule is CCN(CC)S(=O)(=O)CC(=O)Nc1cc(C(=O)O)cc(OC)c1OC. The lowest BCUT2D eigenvalue weighted by molar-refractivity contribution is -0.113. The van der Waals surface area contributed by atoms with Crippen LogP contribution in [0.5, 0.6) is 11.5 Å². The van der Waals surface area contributed by atoms with Gasteiger partial charge in [0.1, 0.15) is 5.75 Å². The molecule has 0 saturated carbocycles. The number of sulfonamides is 1. The number of benzene rings is 1. The molecule has 0 heterocycles. The highest BCUT2D eigenvalue weighted by Crippen LogP contribution is 2.36. The average molecular weight is 374 g/mol. The molecular formula is C15H22N2O7S. The molecule has 0 saturated heterocycles. The first-order valence-electron chi connectivity index (χ1n) is 7.47. The molecule has 2 N–H and O–H groups in total. The Kier molecular flexibility index (Phi) is 7.19. The fourth-order valence-electron chi connectivity index (χ4n) is 2.24. The predicted molar refractivity (Wildman–Crippen MR) is 91.8 cm³/mol. The van der Waals surface area contributed by atoms with Gasteiger partial charge in [-0.05, 0) is 12.1 Å². The van der Waals surface area contributed by atoms with Crippen molar-refractivity contribution in [2.45, 2.75) is 13.8 Å². The number of nitrogens with one attached hydrogen (secondary N) is 1. The molecule has 0 unspecified atom stereocenters. The molecule has 0 spiro atoms. The quantitative estimate of drug-likeness (QED) is 0.661. The number of amides is 1. The molecule has 0 aliphatic rings. The van der Waals surface area contributed by atoms with E-state index in [-0.39, 0.29) is 35.8 Å². The van der Waals surface area contributed by atoms with Crippen molar-refractivity contribution in [2.24, 2.45) is 0 Å². The van der Waals surface area contributed by atoms with E-state index in [4.69, 9.17) is 14.6 Å². The van der Waals surface area contributed by atoms with E-state index in [1.54, 1.807) is 13.8 Å². The van der Waals surface area contributed by atoms with E-state index in [2.05, 4.69) is 5.32 Å². The van der Waals surface area contributed by atoms with Crippen molar-refractivity contribution in [1.29, 1.82) is 0 Å². The Bertz CT molecular complexity index is 742. The molecular weight excluding hydrogens is 352 g/mol. The van der Waals surface area contributed by atoms with Gasteiger partial charge < -0.3 is 19.9 Å². The minimum atomic E-state index is -3.77. The molecule has 0 aromatic heterocycles. The van der Waals surface area contributed by atoms with E-state index >= 15 is 0 Å². The summed E-state index contributed by atoms with van der Waals surface area (Å²) in [5.74, 6) is -2.61. The predicted octanol–water partition coefficient (Wildman–Crippen LogP) is 1.01. The molecule has 0 aliphatic carbocycles. The highest BCUT2D eigenvalue weighted by Gasteiger charge is 2.24. The van der Waals surface area contributed by atoms with Gasteiger partial charge in [-0.1, -0.05) is 13.8 Å². The van der Waals surface area contributed by atoms with E-state index in [1.165, 1.54) is 26.4 Å². The van der Waals surface area contributed by atoms with Gasteiger partial charge in [0, 0.05) is 13.1 Å². The van der Waals surface area contributed by atoms with Gasteiger partial charge in [0.05, 0.1) is 25.5 Å². The zero-order valence-corrected chi connectivity index (χ0v) is 15.3. The molecule has 9 nitrogen and oxygen atoms in total. The van der Waals surface area contributed by atoms with Gasteiger partial charge in [0.25, 0.3) is 0 Å². The largest absolute Gasteiger partial charge is 0.493 e. The normalized spacial score (nSPS) is 11.2. The summed E-state index contributed by atoms with van der Waals surface area (Å²) in [5.41, 5.74) is -0.126. The first-order chi connectivity index (χ1) is 11.7. The third-order valence-corrected chi connectivity index (χ3v) is 5.34. The van der Waals surface area contributed by atoms with Crippen molar-refractivity contribution < 1.29 is 32.6 Å². The summed E-state index contributed by atoms with van der Waals surface area (Å²) < 4.78 is 35.7. The van der Waals surface area contributed by atoms with E-state index < -0.39 is 27.7 Å². The van der Waals surface area contributed by atoms with Crippen LogP contribution >= 0.6 is 0 Å². The summed E-state index contributed by atoms with van der Waals surface area (Å²) in [7, 11) is -1.13. The Balaban J connectivity index is 3.15. The second kappa shape index (κ2) is 8.67. The second-order valence-corrected chi connectivity index (χ2v) is 6.92. The van der Waals surface area contributed by atoms with Crippen molar-refractivity contribution >= 4 is 27.6 Å². The Morgan fingerprint density at radius 2 is 1.76 bits per heavy atom. The lowest BCUT2D eigenvalue weighted by Gasteiger charge is -2.19. The number of carbonyl (C=O) groups excluding carboxylic acids is 1. The van der Waals surface area contributed by atoms with Gasteiger partial charge in [0.15, 0.2) is 11.5 Å². The maximum absolute atomic E-state index is 12.2. The smallest absolute Gasteiger partial charge is 0.335 e. The minimum absolute atomic E-state index is 0.0130. The van der Waals surface area contributed by atoms with E-state index in [0.29, 0.717) is 0 Å². The maximum Gasteiger partial charge on any atom is 0.335 e.